The molecule has 0 bridgehead atoms. The molecule has 1 aliphatic rings. The second-order valence-electron chi connectivity index (χ2n) is 28.6. The van der Waals surface area contributed by atoms with Gasteiger partial charge in [-0.05, 0) is 88.7 Å². The number of carbonyl (C=O) groups excluding carboxylic acids is 14. The SMILES string of the molecule is CC(C)C[C@@H]1NC(=O)[C@H](Cc2ccc(O)cc2)NC(=O)[C@H](Cc2ccccc2)NC(=O)CSC[C@@H](C(=O)NCC(N)=O)NC(=O)[C@H](CC(C)C)NC(=O)[C@H](Cc2ccccc2)N(C)C(=O)[C@H](Cc2ccc(O)cc2)NC(=O)[C@H](Cc2c[nH]c3ccccc23)NC(=O)CNC(=O)[C@H](CO)NC(=O)CNC(=O)[C@H](C(C)C)NC1=O. The second kappa shape index (κ2) is 42.9. The van der Waals surface area contributed by atoms with Crippen molar-refractivity contribution in [1.82, 2.24) is 73.7 Å². The number of benzene rings is 5. The highest BCUT2D eigenvalue weighted by atomic mass is 32.2. The summed E-state index contributed by atoms with van der Waals surface area (Å²) in [6, 6.07) is 20.8. The van der Waals surface area contributed by atoms with E-state index in [-0.39, 0.29) is 74.0 Å². The Hall–Kier alpha value is -11.9. The number of likely N-dealkylation sites (N-methyl/N-ethyl adjacent to an activating group) is 1. The number of nitrogens with two attached hydrogens (primary N) is 1. The third-order valence-corrected chi connectivity index (χ3v) is 19.3. The quantitative estimate of drug-likeness (QED) is 0.0491. The first-order valence-corrected chi connectivity index (χ1v) is 38.0. The zero-order valence-corrected chi connectivity index (χ0v) is 64.3. The lowest BCUT2D eigenvalue weighted by molar-refractivity contribution is -0.143. The third-order valence-electron chi connectivity index (χ3n) is 18.3. The number of H-pyrrole nitrogens is 1. The van der Waals surface area contributed by atoms with E-state index in [9.17, 15) is 68.1 Å². The van der Waals surface area contributed by atoms with Gasteiger partial charge in [-0.1, -0.05) is 145 Å². The Labute approximate surface area is 652 Å². The highest BCUT2D eigenvalue weighted by Gasteiger charge is 2.39. The molecule has 10 atom stereocenters. The van der Waals surface area contributed by atoms with Crippen LogP contribution in [-0.2, 0) is 99.2 Å². The van der Waals surface area contributed by atoms with Crippen LogP contribution < -0.4 is 69.5 Å². The number of amides is 14. The van der Waals surface area contributed by atoms with Crippen LogP contribution in [0, 0.1) is 17.8 Å². The van der Waals surface area contributed by atoms with E-state index in [1.807, 2.05) is 0 Å². The van der Waals surface area contributed by atoms with E-state index in [0.717, 1.165) is 16.7 Å². The minimum absolute atomic E-state index is 0.00466. The number of fused-ring (bicyclic) bond motifs is 1. The first-order chi connectivity index (χ1) is 53.3. The number of aliphatic hydroxyl groups excluding tert-OH is 1. The predicted molar refractivity (Wildman–Crippen MR) is 416 cm³/mol. The first-order valence-electron chi connectivity index (χ1n) is 36.8. The second-order valence-corrected chi connectivity index (χ2v) is 29.7. The van der Waals surface area contributed by atoms with E-state index in [4.69, 9.17) is 5.73 Å². The lowest BCUT2D eigenvalue weighted by Crippen LogP contribution is -2.61. The van der Waals surface area contributed by atoms with Crippen LogP contribution in [0.3, 0.4) is 0 Å². The summed E-state index contributed by atoms with van der Waals surface area (Å²) in [6.07, 6.45) is 0.535. The number of thioether (sulfide) groups is 1. The van der Waals surface area contributed by atoms with Gasteiger partial charge in [0.05, 0.1) is 32.0 Å². The van der Waals surface area contributed by atoms with Crippen LogP contribution >= 0.6 is 11.8 Å². The van der Waals surface area contributed by atoms with Gasteiger partial charge in [-0.2, -0.15) is 0 Å². The first kappa shape index (κ1) is 87.4. The number of aromatic amines is 1. The number of para-hydroxylation sites is 1. The van der Waals surface area contributed by atoms with E-state index in [0.29, 0.717) is 38.7 Å². The molecule has 112 heavy (non-hydrogen) atoms. The molecule has 1 saturated heterocycles. The van der Waals surface area contributed by atoms with Crippen LogP contribution in [0.25, 0.3) is 10.9 Å². The molecule has 1 aliphatic heterocycles. The summed E-state index contributed by atoms with van der Waals surface area (Å²) < 4.78 is 0. The van der Waals surface area contributed by atoms with Gasteiger partial charge in [-0.25, -0.2) is 0 Å². The number of phenols is 2. The number of nitrogens with one attached hydrogen (secondary N) is 13. The number of carbonyl (C=O) groups is 14. The van der Waals surface area contributed by atoms with Crippen molar-refractivity contribution in [1.29, 1.82) is 0 Å². The van der Waals surface area contributed by atoms with Crippen molar-refractivity contribution >= 4 is 105 Å². The van der Waals surface area contributed by atoms with Gasteiger partial charge in [0, 0.05) is 62.0 Å². The largest absolute Gasteiger partial charge is 0.508 e. The Kier molecular flexibility index (Phi) is 33.5. The van der Waals surface area contributed by atoms with Crippen LogP contribution in [0.4, 0.5) is 0 Å². The molecule has 32 nitrogen and oxygen atoms in total. The summed E-state index contributed by atoms with van der Waals surface area (Å²) in [5, 5.41) is 62.8. The van der Waals surface area contributed by atoms with Crippen molar-refractivity contribution in [2.75, 3.05) is 44.8 Å². The summed E-state index contributed by atoms with van der Waals surface area (Å²) in [5.41, 5.74) is 8.62. The zero-order chi connectivity index (χ0) is 81.7. The van der Waals surface area contributed by atoms with Crippen molar-refractivity contribution in [2.45, 2.75) is 147 Å². The van der Waals surface area contributed by atoms with Crippen molar-refractivity contribution < 1.29 is 82.4 Å². The lowest BCUT2D eigenvalue weighted by atomic mass is 9.98. The van der Waals surface area contributed by atoms with Gasteiger partial charge in [-0.3, -0.25) is 67.1 Å². The van der Waals surface area contributed by atoms with Crippen molar-refractivity contribution in [3.63, 3.8) is 0 Å². The molecule has 1 fully saturated rings. The molecule has 1 aromatic heterocycles. The van der Waals surface area contributed by atoms with Crippen molar-refractivity contribution in [2.24, 2.45) is 23.5 Å². The molecule has 0 radical (unpaired) electrons. The standard InChI is InChI=1S/C79H101N15O17S/c1-44(2)30-56-72(104)92-63(71(103)82-38-65(80)98)42-112-43-68(101)86-58(32-47-16-10-8-11-17-47)73(105)89-59(33-49-22-26-52(96)27-23-49)74(106)88-57(31-45(3)4)76(108)93-69(46(5)6)78(110)84-40-67(100)87-62(41-95)70(102)83-39-66(99)85-60(36-51-37-81-55-21-15-14-20-54(51)55)75(107)91-61(34-50-24-28-53(97)29-25-50)79(111)94(7)64(77(109)90-56)35-48-18-12-9-13-19-48/h8-29,37,44-46,56-64,69,81,95-97H,30-36,38-43H2,1-7H3,(H2,80,98)(H,82,103)(H,83,102)(H,84,110)(H,85,99)(H,86,101)(H,87,100)(H,88,106)(H,89,105)(H,90,109)(H,91,107)(H,92,104)(H,93,108)/t56-,57-,58-,59-,60-,61-,62-,63-,64-,69-/m0/s1. The number of hydrogen-bond acceptors (Lipinski definition) is 18. The molecular weight excluding hydrogens is 1460 g/mol. The number of hydrogen-bond donors (Lipinski definition) is 17. The Morgan fingerprint density at radius 2 is 0.920 bits per heavy atom. The third kappa shape index (κ3) is 27.6. The molecule has 7 rings (SSSR count). The van der Waals surface area contributed by atoms with Crippen LogP contribution in [0.1, 0.15) is 82.2 Å². The highest BCUT2D eigenvalue weighted by Crippen LogP contribution is 2.22. The molecule has 14 amide bonds. The summed E-state index contributed by atoms with van der Waals surface area (Å²) in [4.78, 5) is 205. The minimum atomic E-state index is -1.72. The van der Waals surface area contributed by atoms with E-state index < -0.39 is 181 Å². The summed E-state index contributed by atoms with van der Waals surface area (Å²) in [6.45, 7) is 6.94. The van der Waals surface area contributed by atoms with E-state index in [1.165, 1.54) is 55.6 Å². The minimum Gasteiger partial charge on any atom is -0.508 e. The van der Waals surface area contributed by atoms with Gasteiger partial charge >= 0.3 is 0 Å². The Morgan fingerprint density at radius 1 is 0.482 bits per heavy atom. The smallest absolute Gasteiger partial charge is 0.245 e. The van der Waals surface area contributed by atoms with Crippen LogP contribution in [0.5, 0.6) is 11.5 Å². The molecule has 0 aliphatic carbocycles. The average molecular weight is 1560 g/mol. The summed E-state index contributed by atoms with van der Waals surface area (Å²) in [7, 11) is 1.32. The molecule has 18 N–H and O–H groups in total. The molecule has 0 saturated carbocycles. The van der Waals surface area contributed by atoms with Gasteiger partial charge in [-0.15, -0.1) is 11.8 Å². The molecule has 2 heterocycles. The normalized spacial score (nSPS) is 22.2. The number of phenolic OH excluding ortho intramolecular Hbond substituents is 2. The molecule has 600 valence electrons. The number of primary amides is 1. The fraction of sp³-hybridized carbons (Fsp3) is 0.418. The van der Waals surface area contributed by atoms with Gasteiger partial charge < -0.3 is 94.7 Å². The van der Waals surface area contributed by atoms with Gasteiger partial charge in [0.1, 0.15) is 71.9 Å². The Morgan fingerprint density at radius 3 is 1.46 bits per heavy atom. The van der Waals surface area contributed by atoms with Crippen LogP contribution in [0.15, 0.2) is 140 Å². The lowest BCUT2D eigenvalue weighted by Gasteiger charge is -2.33. The van der Waals surface area contributed by atoms with E-state index in [2.05, 4.69) is 68.8 Å². The van der Waals surface area contributed by atoms with E-state index in [1.54, 1.807) is 133 Å². The molecule has 5 aromatic carbocycles. The monoisotopic (exact) mass is 1560 g/mol. The maximum absolute atomic E-state index is 15.5. The number of aromatic hydroxyl groups is 2. The summed E-state index contributed by atoms with van der Waals surface area (Å²) in [5.74, 6) is -15.0. The molecular formula is C79H101N15O17S. The maximum atomic E-state index is 15.5. The Balaban J connectivity index is 1.27. The highest BCUT2D eigenvalue weighted by molar-refractivity contribution is 8.00. The zero-order valence-electron chi connectivity index (χ0n) is 63.5. The number of nitrogens with zero attached hydrogens (tertiary/aromatic N) is 1. The van der Waals surface area contributed by atoms with E-state index >= 15 is 14.4 Å². The number of rotatable bonds is 19. The maximum Gasteiger partial charge on any atom is 0.245 e. The predicted octanol–water partition coefficient (Wildman–Crippen LogP) is -0.396. The van der Waals surface area contributed by atoms with Gasteiger partial charge in [0.25, 0.3) is 0 Å². The number of aliphatic hydroxyl groups is 1. The molecule has 0 spiro atoms. The number of aromatic nitrogens is 1. The molecule has 0 unspecified atom stereocenters. The van der Waals surface area contributed by atoms with Crippen molar-refractivity contribution in [3.8, 4) is 11.5 Å². The summed E-state index contributed by atoms with van der Waals surface area (Å²) >= 11 is 0.834. The van der Waals surface area contributed by atoms with Gasteiger partial charge in [0.2, 0.25) is 82.7 Å². The van der Waals surface area contributed by atoms with Crippen LogP contribution in [-0.4, -0.2) is 213 Å². The fourth-order valence-corrected chi connectivity index (χ4v) is 13.2. The molecule has 6 aromatic rings. The topological polar surface area (TPSA) is 489 Å². The fourth-order valence-electron chi connectivity index (χ4n) is 12.4. The molecule has 33 heteroatoms. The van der Waals surface area contributed by atoms with Gasteiger partial charge in [0.15, 0.2) is 0 Å². The van der Waals surface area contributed by atoms with Crippen LogP contribution in [0.2, 0.25) is 0 Å². The Bertz CT molecular complexity index is 4260. The average Bonchev–Trinajstić information content (AvgIpc) is 1.60. The van der Waals surface area contributed by atoms with Crippen molar-refractivity contribution in [3.05, 3.63) is 167 Å².